The number of hydrogen-bond acceptors (Lipinski definition) is 4. The van der Waals surface area contributed by atoms with E-state index in [4.69, 9.17) is 0 Å². The topological polar surface area (TPSA) is 92.5 Å². The summed E-state index contributed by atoms with van der Waals surface area (Å²) in [5.74, 6) is -0.489. The quantitative estimate of drug-likeness (QED) is 0.884. The second-order valence-corrected chi connectivity index (χ2v) is 8.58. The molecule has 8 heteroatoms. The fourth-order valence-corrected chi connectivity index (χ4v) is 4.89. The maximum atomic E-state index is 13.1. The van der Waals surface area contributed by atoms with E-state index in [0.29, 0.717) is 24.6 Å². The fraction of sp³-hybridized carbons (Fsp3) is 0.444. The molecular formula is C18H23N3O4S. The molecule has 26 heavy (non-hydrogen) atoms. The lowest BCUT2D eigenvalue weighted by Crippen LogP contribution is -2.32. The molecule has 0 atom stereocenters. The molecular weight excluding hydrogens is 354 g/mol. The van der Waals surface area contributed by atoms with E-state index in [0.717, 1.165) is 31.4 Å². The van der Waals surface area contributed by atoms with E-state index in [9.17, 15) is 18.3 Å². The van der Waals surface area contributed by atoms with Crippen molar-refractivity contribution in [2.24, 2.45) is 0 Å². The molecule has 2 heterocycles. The van der Waals surface area contributed by atoms with Gasteiger partial charge in [0, 0.05) is 25.0 Å². The molecule has 0 radical (unpaired) electrons. The zero-order chi connectivity index (χ0) is 18.9. The molecule has 1 aliphatic heterocycles. The number of benzene rings is 1. The largest absolute Gasteiger partial charge is 0.478 e. The first-order chi connectivity index (χ1) is 12.3. The number of hydrogen-bond donors (Lipinski definition) is 1. The van der Waals surface area contributed by atoms with Gasteiger partial charge < -0.3 is 9.67 Å². The molecule has 1 N–H and O–H groups in total. The summed E-state index contributed by atoms with van der Waals surface area (Å²) < 4.78 is 29.4. The first-order valence-corrected chi connectivity index (χ1v) is 10.1. The predicted molar refractivity (Wildman–Crippen MR) is 97.2 cm³/mol. The highest BCUT2D eigenvalue weighted by atomic mass is 32.2. The molecule has 7 nitrogen and oxygen atoms in total. The van der Waals surface area contributed by atoms with Gasteiger partial charge in [0.2, 0.25) is 10.0 Å². The number of aromatic nitrogens is 2. The Bertz CT molecular complexity index is 926. The van der Waals surface area contributed by atoms with Gasteiger partial charge >= 0.3 is 5.97 Å². The molecule has 0 aliphatic carbocycles. The zero-order valence-corrected chi connectivity index (χ0v) is 15.8. The molecule has 1 saturated heterocycles. The standard InChI is InChI=1S/C18H23N3O4S/c1-13-12-21(14(2)19-13)16-9-15(18(22)23)10-17(11-16)26(24,25)20-7-5-3-4-6-8-20/h9-12H,3-8H2,1-2H3,(H,22,23). The third kappa shape index (κ3) is 3.66. The van der Waals surface area contributed by atoms with Crippen molar-refractivity contribution in [2.45, 2.75) is 44.4 Å². The van der Waals surface area contributed by atoms with Gasteiger partial charge in [-0.2, -0.15) is 4.31 Å². The van der Waals surface area contributed by atoms with Crippen LogP contribution < -0.4 is 0 Å². The Morgan fingerprint density at radius 2 is 1.73 bits per heavy atom. The summed E-state index contributed by atoms with van der Waals surface area (Å²) in [6, 6.07) is 4.24. The molecule has 3 rings (SSSR count). The molecule has 140 valence electrons. The average molecular weight is 377 g/mol. The Kier molecular flexibility index (Phi) is 5.15. The van der Waals surface area contributed by atoms with Crippen molar-refractivity contribution in [3.63, 3.8) is 0 Å². The molecule has 0 bridgehead atoms. The monoisotopic (exact) mass is 377 g/mol. The van der Waals surface area contributed by atoms with E-state index < -0.39 is 16.0 Å². The number of carbonyl (C=O) groups is 1. The van der Waals surface area contributed by atoms with Crippen LogP contribution >= 0.6 is 0 Å². The highest BCUT2D eigenvalue weighted by Gasteiger charge is 2.27. The van der Waals surface area contributed by atoms with Crippen molar-refractivity contribution in [1.82, 2.24) is 13.9 Å². The van der Waals surface area contributed by atoms with Gasteiger partial charge in [-0.05, 0) is 44.9 Å². The third-order valence-electron chi connectivity index (χ3n) is 4.62. The SMILES string of the molecule is Cc1cn(-c2cc(C(=O)O)cc(S(=O)(=O)N3CCCCCC3)c2)c(C)n1. The van der Waals surface area contributed by atoms with E-state index in [2.05, 4.69) is 4.98 Å². The molecule has 0 unspecified atom stereocenters. The Hall–Kier alpha value is -2.19. The van der Waals surface area contributed by atoms with Gasteiger partial charge in [-0.1, -0.05) is 12.8 Å². The molecule has 1 aromatic carbocycles. The van der Waals surface area contributed by atoms with Crippen molar-refractivity contribution in [2.75, 3.05) is 13.1 Å². The molecule has 0 spiro atoms. The first kappa shape index (κ1) is 18.6. The summed E-state index contributed by atoms with van der Waals surface area (Å²) >= 11 is 0. The third-order valence-corrected chi connectivity index (χ3v) is 6.50. The number of sulfonamides is 1. The number of nitrogens with zero attached hydrogens (tertiary/aromatic N) is 3. The Labute approximate surface area is 153 Å². The van der Waals surface area contributed by atoms with Crippen LogP contribution in [0.2, 0.25) is 0 Å². The Balaban J connectivity index is 2.11. The van der Waals surface area contributed by atoms with E-state index >= 15 is 0 Å². The predicted octanol–water partition coefficient (Wildman–Crippen LogP) is 2.75. The number of rotatable bonds is 4. The number of carboxylic acids is 1. The summed E-state index contributed by atoms with van der Waals surface area (Å²) in [5, 5.41) is 9.44. The number of imidazole rings is 1. The van der Waals surface area contributed by atoms with E-state index in [1.165, 1.54) is 22.5 Å². The van der Waals surface area contributed by atoms with E-state index in [1.807, 2.05) is 6.92 Å². The minimum Gasteiger partial charge on any atom is -0.478 e. The maximum Gasteiger partial charge on any atom is 0.335 e. The second-order valence-electron chi connectivity index (χ2n) is 6.64. The minimum absolute atomic E-state index is 0.0139. The molecule has 1 aromatic heterocycles. The van der Waals surface area contributed by atoms with Crippen LogP contribution in [-0.2, 0) is 10.0 Å². The van der Waals surface area contributed by atoms with E-state index in [1.54, 1.807) is 17.7 Å². The average Bonchev–Trinajstić information content (AvgIpc) is 2.80. The molecule has 0 amide bonds. The normalized spacial score (nSPS) is 16.4. The molecule has 2 aromatic rings. The minimum atomic E-state index is -3.74. The maximum absolute atomic E-state index is 13.1. The Morgan fingerprint density at radius 1 is 1.08 bits per heavy atom. The van der Waals surface area contributed by atoms with Gasteiger partial charge in [0.15, 0.2) is 0 Å². The van der Waals surface area contributed by atoms with Crippen molar-refractivity contribution in [3.05, 3.63) is 41.5 Å². The van der Waals surface area contributed by atoms with Crippen LogP contribution in [-0.4, -0.2) is 46.4 Å². The van der Waals surface area contributed by atoms with Gasteiger partial charge in [0.1, 0.15) is 5.82 Å². The van der Waals surface area contributed by atoms with Gasteiger partial charge in [0.05, 0.1) is 16.2 Å². The fourth-order valence-electron chi connectivity index (χ4n) is 3.31. The van der Waals surface area contributed by atoms with Crippen LogP contribution in [0.5, 0.6) is 0 Å². The van der Waals surface area contributed by atoms with Crippen molar-refractivity contribution < 1.29 is 18.3 Å². The second kappa shape index (κ2) is 7.20. The lowest BCUT2D eigenvalue weighted by Gasteiger charge is -2.21. The summed E-state index contributed by atoms with van der Waals surface area (Å²) in [5.41, 5.74) is 1.21. The summed E-state index contributed by atoms with van der Waals surface area (Å²) in [7, 11) is -3.74. The number of aromatic carboxylic acids is 1. The van der Waals surface area contributed by atoms with Gasteiger partial charge in [-0.25, -0.2) is 18.2 Å². The zero-order valence-electron chi connectivity index (χ0n) is 15.0. The van der Waals surface area contributed by atoms with Gasteiger partial charge in [0.25, 0.3) is 0 Å². The summed E-state index contributed by atoms with van der Waals surface area (Å²) in [4.78, 5) is 15.9. The highest BCUT2D eigenvalue weighted by Crippen LogP contribution is 2.25. The van der Waals surface area contributed by atoms with Crippen molar-refractivity contribution >= 4 is 16.0 Å². The van der Waals surface area contributed by atoms with Crippen LogP contribution in [0, 0.1) is 13.8 Å². The Morgan fingerprint density at radius 3 is 2.27 bits per heavy atom. The van der Waals surface area contributed by atoms with Gasteiger partial charge in [-0.3, -0.25) is 0 Å². The lowest BCUT2D eigenvalue weighted by molar-refractivity contribution is 0.0696. The van der Waals surface area contributed by atoms with Crippen LogP contribution in [0.3, 0.4) is 0 Å². The van der Waals surface area contributed by atoms with Crippen LogP contribution in [0.15, 0.2) is 29.3 Å². The highest BCUT2D eigenvalue weighted by molar-refractivity contribution is 7.89. The number of carboxylic acid groups (broad SMARTS) is 1. The van der Waals surface area contributed by atoms with Crippen molar-refractivity contribution in [3.8, 4) is 5.69 Å². The smallest absolute Gasteiger partial charge is 0.335 e. The van der Waals surface area contributed by atoms with Crippen LogP contribution in [0.25, 0.3) is 5.69 Å². The molecule has 1 aliphatic rings. The van der Waals surface area contributed by atoms with Gasteiger partial charge in [-0.15, -0.1) is 0 Å². The molecule has 0 saturated carbocycles. The van der Waals surface area contributed by atoms with E-state index in [-0.39, 0.29) is 10.5 Å². The number of aryl methyl sites for hydroxylation is 2. The summed E-state index contributed by atoms with van der Waals surface area (Å²) in [6.45, 7) is 4.57. The van der Waals surface area contributed by atoms with Crippen LogP contribution in [0.1, 0.15) is 47.6 Å². The first-order valence-electron chi connectivity index (χ1n) is 8.70. The van der Waals surface area contributed by atoms with Crippen molar-refractivity contribution in [1.29, 1.82) is 0 Å². The van der Waals surface area contributed by atoms with Crippen LogP contribution in [0.4, 0.5) is 0 Å². The molecule has 1 fully saturated rings. The lowest BCUT2D eigenvalue weighted by atomic mass is 10.2. The summed E-state index contributed by atoms with van der Waals surface area (Å²) in [6.07, 6.45) is 5.44.